The topological polar surface area (TPSA) is 17.3 Å². The summed E-state index contributed by atoms with van der Waals surface area (Å²) in [7, 11) is 0. The SMILES string of the molecule is CC.Cc1ccc2nc(C)c(C(F)(F)F)n2c1. The number of rotatable bonds is 0. The summed E-state index contributed by atoms with van der Waals surface area (Å²) in [6.45, 7) is 7.11. The largest absolute Gasteiger partial charge is 0.433 e. The van der Waals surface area contributed by atoms with Gasteiger partial charge in [0.1, 0.15) is 5.65 Å². The first-order valence-electron chi connectivity index (χ1n) is 5.42. The van der Waals surface area contributed by atoms with Crippen LogP contribution in [0, 0.1) is 13.8 Å². The van der Waals surface area contributed by atoms with E-state index in [9.17, 15) is 13.2 Å². The van der Waals surface area contributed by atoms with E-state index in [0.717, 1.165) is 9.96 Å². The number of hydrogen-bond acceptors (Lipinski definition) is 1. The summed E-state index contributed by atoms with van der Waals surface area (Å²) in [5.74, 6) is 0. The maximum Gasteiger partial charge on any atom is 0.433 e. The van der Waals surface area contributed by atoms with Crippen molar-refractivity contribution in [3.63, 3.8) is 0 Å². The molecular weight excluding hydrogens is 229 g/mol. The molecule has 5 heteroatoms. The van der Waals surface area contributed by atoms with Gasteiger partial charge in [0.15, 0.2) is 5.69 Å². The van der Waals surface area contributed by atoms with Gasteiger partial charge in [-0.05, 0) is 25.5 Å². The Kier molecular flexibility index (Phi) is 3.80. The molecule has 17 heavy (non-hydrogen) atoms. The van der Waals surface area contributed by atoms with E-state index in [-0.39, 0.29) is 5.69 Å². The highest BCUT2D eigenvalue weighted by atomic mass is 19.4. The van der Waals surface area contributed by atoms with Gasteiger partial charge in [-0.15, -0.1) is 0 Å². The minimum atomic E-state index is -4.36. The lowest BCUT2D eigenvalue weighted by Gasteiger charge is -2.07. The van der Waals surface area contributed by atoms with Crippen molar-refractivity contribution in [2.75, 3.05) is 0 Å². The lowest BCUT2D eigenvalue weighted by atomic mass is 10.3. The van der Waals surface area contributed by atoms with E-state index < -0.39 is 11.9 Å². The van der Waals surface area contributed by atoms with Crippen LogP contribution in [0.25, 0.3) is 5.65 Å². The monoisotopic (exact) mass is 244 g/mol. The van der Waals surface area contributed by atoms with Crippen LogP contribution in [0.5, 0.6) is 0 Å². The fraction of sp³-hybridized carbons (Fsp3) is 0.417. The van der Waals surface area contributed by atoms with Crippen LogP contribution in [-0.4, -0.2) is 9.38 Å². The molecule has 0 N–H and O–H groups in total. The van der Waals surface area contributed by atoms with Crippen LogP contribution in [0.3, 0.4) is 0 Å². The fourth-order valence-corrected chi connectivity index (χ4v) is 1.61. The molecule has 0 aromatic carbocycles. The highest BCUT2D eigenvalue weighted by molar-refractivity contribution is 5.45. The number of aryl methyl sites for hydroxylation is 2. The highest BCUT2D eigenvalue weighted by Gasteiger charge is 2.36. The minimum absolute atomic E-state index is 0.00750. The molecule has 0 amide bonds. The highest BCUT2D eigenvalue weighted by Crippen LogP contribution is 2.32. The Morgan fingerprint density at radius 2 is 1.71 bits per heavy atom. The third-order valence-electron chi connectivity index (χ3n) is 2.21. The van der Waals surface area contributed by atoms with Crippen molar-refractivity contribution in [3.05, 3.63) is 35.3 Å². The number of aromatic nitrogens is 2. The van der Waals surface area contributed by atoms with E-state index in [1.165, 1.54) is 13.1 Å². The van der Waals surface area contributed by atoms with Gasteiger partial charge in [-0.2, -0.15) is 13.2 Å². The van der Waals surface area contributed by atoms with Crippen LogP contribution in [0.4, 0.5) is 13.2 Å². The average Bonchev–Trinajstić information content (AvgIpc) is 2.55. The molecule has 0 unspecified atom stereocenters. The predicted molar refractivity (Wildman–Crippen MR) is 61.0 cm³/mol. The van der Waals surface area contributed by atoms with E-state index in [4.69, 9.17) is 0 Å². The third-order valence-corrected chi connectivity index (χ3v) is 2.21. The normalized spacial score (nSPS) is 11.2. The molecule has 0 bridgehead atoms. The van der Waals surface area contributed by atoms with Gasteiger partial charge >= 0.3 is 6.18 Å². The van der Waals surface area contributed by atoms with Gasteiger partial charge in [-0.1, -0.05) is 19.9 Å². The summed E-state index contributed by atoms with van der Waals surface area (Å²) in [6.07, 6.45) is -2.92. The van der Waals surface area contributed by atoms with Gasteiger partial charge in [0.05, 0.1) is 5.69 Å². The molecule has 0 aliphatic rings. The standard InChI is InChI=1S/C10H9F3N2.C2H6/c1-6-3-4-8-14-7(2)9(10(11,12)13)15(8)5-6;1-2/h3-5H,1-2H3;1-2H3. The predicted octanol–water partition coefficient (Wildman–Crippen LogP) is 4.00. The maximum atomic E-state index is 12.7. The minimum Gasteiger partial charge on any atom is -0.295 e. The molecule has 0 radical (unpaired) electrons. The molecule has 2 aromatic rings. The number of alkyl halides is 3. The maximum absolute atomic E-state index is 12.7. The van der Waals surface area contributed by atoms with Crippen LogP contribution in [-0.2, 0) is 6.18 Å². The Labute approximate surface area is 98.1 Å². The number of hydrogen-bond donors (Lipinski definition) is 0. The Balaban J connectivity index is 0.000000686. The number of pyridine rings is 1. The summed E-state index contributed by atoms with van der Waals surface area (Å²) in [5, 5.41) is 0. The lowest BCUT2D eigenvalue weighted by molar-refractivity contribution is -0.142. The molecule has 2 nitrogen and oxygen atoms in total. The van der Waals surface area contributed by atoms with E-state index in [1.54, 1.807) is 19.1 Å². The lowest BCUT2D eigenvalue weighted by Crippen LogP contribution is -2.10. The van der Waals surface area contributed by atoms with Gasteiger partial charge < -0.3 is 0 Å². The van der Waals surface area contributed by atoms with Gasteiger partial charge in [0.25, 0.3) is 0 Å². The van der Waals surface area contributed by atoms with Gasteiger partial charge in [0.2, 0.25) is 0 Å². The summed E-state index contributed by atoms with van der Waals surface area (Å²) >= 11 is 0. The Morgan fingerprint density at radius 3 is 2.24 bits per heavy atom. The molecule has 0 spiro atoms. The summed E-state index contributed by atoms with van der Waals surface area (Å²) in [6, 6.07) is 3.32. The molecule has 0 saturated heterocycles. The zero-order chi connectivity index (χ0) is 13.2. The second-order valence-corrected chi connectivity index (χ2v) is 3.48. The number of fused-ring (bicyclic) bond motifs is 1. The molecule has 0 aliphatic carbocycles. The van der Waals surface area contributed by atoms with Crippen LogP contribution >= 0.6 is 0 Å². The van der Waals surface area contributed by atoms with Crippen molar-refractivity contribution in [3.8, 4) is 0 Å². The van der Waals surface area contributed by atoms with Gasteiger partial charge in [-0.25, -0.2) is 4.98 Å². The van der Waals surface area contributed by atoms with Crippen molar-refractivity contribution < 1.29 is 13.2 Å². The van der Waals surface area contributed by atoms with Crippen molar-refractivity contribution in [1.29, 1.82) is 0 Å². The molecule has 2 heterocycles. The van der Waals surface area contributed by atoms with Gasteiger partial charge in [-0.3, -0.25) is 4.40 Å². The number of nitrogens with zero attached hydrogens (tertiary/aromatic N) is 2. The fourth-order valence-electron chi connectivity index (χ4n) is 1.61. The first-order valence-corrected chi connectivity index (χ1v) is 5.42. The Morgan fingerprint density at radius 1 is 1.12 bits per heavy atom. The molecule has 0 saturated carbocycles. The number of halogens is 3. The Hall–Kier alpha value is -1.52. The second-order valence-electron chi connectivity index (χ2n) is 3.48. The zero-order valence-electron chi connectivity index (χ0n) is 10.3. The molecule has 0 atom stereocenters. The van der Waals surface area contributed by atoms with Crippen LogP contribution < -0.4 is 0 Å². The zero-order valence-corrected chi connectivity index (χ0v) is 10.3. The molecular formula is C12H15F3N2. The van der Waals surface area contributed by atoms with E-state index in [0.29, 0.717) is 5.65 Å². The van der Waals surface area contributed by atoms with E-state index in [2.05, 4.69) is 4.98 Å². The second kappa shape index (κ2) is 4.77. The summed E-state index contributed by atoms with van der Waals surface area (Å²) in [4.78, 5) is 3.86. The summed E-state index contributed by atoms with van der Waals surface area (Å²) in [5.41, 5.74) is 0.408. The summed E-state index contributed by atoms with van der Waals surface area (Å²) < 4.78 is 39.1. The van der Waals surface area contributed by atoms with Crippen LogP contribution in [0.15, 0.2) is 18.3 Å². The Bertz CT molecular complexity index is 512. The smallest absolute Gasteiger partial charge is 0.295 e. The van der Waals surface area contributed by atoms with Crippen molar-refractivity contribution >= 4 is 5.65 Å². The van der Waals surface area contributed by atoms with Crippen molar-refractivity contribution in [1.82, 2.24) is 9.38 Å². The van der Waals surface area contributed by atoms with Crippen molar-refractivity contribution in [2.24, 2.45) is 0 Å². The van der Waals surface area contributed by atoms with Crippen molar-refractivity contribution in [2.45, 2.75) is 33.9 Å². The molecule has 2 aromatic heterocycles. The third kappa shape index (κ3) is 2.60. The average molecular weight is 244 g/mol. The first kappa shape index (κ1) is 13.5. The first-order chi connectivity index (χ1) is 7.89. The molecule has 0 fully saturated rings. The molecule has 94 valence electrons. The molecule has 2 rings (SSSR count). The van der Waals surface area contributed by atoms with E-state index in [1.807, 2.05) is 13.8 Å². The van der Waals surface area contributed by atoms with Crippen LogP contribution in [0.2, 0.25) is 0 Å². The van der Waals surface area contributed by atoms with Crippen LogP contribution in [0.1, 0.15) is 30.8 Å². The molecule has 0 aliphatic heterocycles. The quantitative estimate of drug-likeness (QED) is 0.684. The number of imidazole rings is 1. The van der Waals surface area contributed by atoms with Gasteiger partial charge in [0, 0.05) is 6.20 Å². The van der Waals surface area contributed by atoms with E-state index >= 15 is 0 Å².